The smallest absolute Gasteiger partial charge is 0.315 e. The number of aryl methyl sites for hydroxylation is 1. The van der Waals surface area contributed by atoms with Gasteiger partial charge in [0.2, 0.25) is 0 Å². The third-order valence-electron chi connectivity index (χ3n) is 4.79. The van der Waals surface area contributed by atoms with Crippen LogP contribution in [0.4, 0.5) is 4.79 Å². The van der Waals surface area contributed by atoms with Gasteiger partial charge in [-0.05, 0) is 33.9 Å². The first-order valence-corrected chi connectivity index (χ1v) is 8.00. The van der Waals surface area contributed by atoms with E-state index in [1.165, 1.54) is 19.3 Å². The molecule has 0 saturated heterocycles. The van der Waals surface area contributed by atoms with Gasteiger partial charge in [-0.2, -0.15) is 0 Å². The molecule has 1 aromatic heterocycles. The SMILES string of the molecule is C[C@@H](NC(=O)NCC1(N(C)C)CCCCC1)c1nncn1C. The lowest BCUT2D eigenvalue weighted by Crippen LogP contribution is -2.55. The summed E-state index contributed by atoms with van der Waals surface area (Å²) in [7, 11) is 6.08. The van der Waals surface area contributed by atoms with Gasteiger partial charge in [-0.25, -0.2) is 4.79 Å². The molecule has 0 aliphatic heterocycles. The lowest BCUT2D eigenvalue weighted by atomic mass is 9.80. The summed E-state index contributed by atoms with van der Waals surface area (Å²) in [5, 5.41) is 13.8. The van der Waals surface area contributed by atoms with E-state index >= 15 is 0 Å². The van der Waals surface area contributed by atoms with E-state index in [1.54, 1.807) is 6.33 Å². The Labute approximate surface area is 132 Å². The number of aromatic nitrogens is 3. The summed E-state index contributed by atoms with van der Waals surface area (Å²) in [6.07, 6.45) is 7.67. The molecule has 7 nitrogen and oxygen atoms in total. The molecule has 7 heteroatoms. The first-order valence-electron chi connectivity index (χ1n) is 8.00. The lowest BCUT2D eigenvalue weighted by molar-refractivity contribution is 0.100. The van der Waals surface area contributed by atoms with Crippen LogP contribution >= 0.6 is 0 Å². The Hall–Kier alpha value is -1.63. The molecule has 2 rings (SSSR count). The summed E-state index contributed by atoms with van der Waals surface area (Å²) in [5.41, 5.74) is 0.0869. The number of hydrogen-bond donors (Lipinski definition) is 2. The van der Waals surface area contributed by atoms with Gasteiger partial charge in [0.1, 0.15) is 6.33 Å². The fourth-order valence-corrected chi connectivity index (χ4v) is 3.23. The number of urea groups is 1. The van der Waals surface area contributed by atoms with Crippen LogP contribution in [0, 0.1) is 0 Å². The highest BCUT2D eigenvalue weighted by Crippen LogP contribution is 2.31. The van der Waals surface area contributed by atoms with Crippen LogP contribution in [0.25, 0.3) is 0 Å². The van der Waals surface area contributed by atoms with Gasteiger partial charge < -0.3 is 20.1 Å². The van der Waals surface area contributed by atoms with Gasteiger partial charge in [0.05, 0.1) is 6.04 Å². The van der Waals surface area contributed by atoms with E-state index in [2.05, 4.69) is 39.8 Å². The summed E-state index contributed by atoms with van der Waals surface area (Å²) >= 11 is 0. The quantitative estimate of drug-likeness (QED) is 0.863. The molecule has 1 atom stereocenters. The molecule has 22 heavy (non-hydrogen) atoms. The van der Waals surface area contributed by atoms with Crippen LogP contribution in [-0.2, 0) is 7.05 Å². The van der Waals surface area contributed by atoms with Crippen molar-refractivity contribution < 1.29 is 4.79 Å². The summed E-state index contributed by atoms with van der Waals surface area (Å²) in [6, 6.07) is -0.323. The minimum atomic E-state index is -0.172. The van der Waals surface area contributed by atoms with E-state index in [0.29, 0.717) is 6.54 Å². The van der Waals surface area contributed by atoms with Gasteiger partial charge in [0.15, 0.2) is 5.82 Å². The van der Waals surface area contributed by atoms with E-state index in [1.807, 2.05) is 18.5 Å². The van der Waals surface area contributed by atoms with E-state index < -0.39 is 0 Å². The monoisotopic (exact) mass is 308 g/mol. The van der Waals surface area contributed by atoms with Gasteiger partial charge in [0, 0.05) is 19.1 Å². The molecule has 124 valence electrons. The third-order valence-corrected chi connectivity index (χ3v) is 4.79. The molecule has 0 unspecified atom stereocenters. The average Bonchev–Trinajstić information content (AvgIpc) is 2.92. The van der Waals surface area contributed by atoms with Crippen LogP contribution < -0.4 is 10.6 Å². The van der Waals surface area contributed by atoms with E-state index in [-0.39, 0.29) is 17.6 Å². The molecule has 0 spiro atoms. The van der Waals surface area contributed by atoms with Crippen molar-refractivity contribution in [2.45, 2.75) is 50.6 Å². The predicted molar refractivity (Wildman–Crippen MR) is 85.5 cm³/mol. The Morgan fingerprint density at radius 2 is 2.09 bits per heavy atom. The molecule has 0 aromatic carbocycles. The maximum absolute atomic E-state index is 12.2. The van der Waals surface area contributed by atoms with E-state index in [0.717, 1.165) is 18.7 Å². The normalized spacial score (nSPS) is 19.0. The highest BCUT2D eigenvalue weighted by atomic mass is 16.2. The minimum Gasteiger partial charge on any atom is -0.336 e. The van der Waals surface area contributed by atoms with Crippen molar-refractivity contribution in [3.8, 4) is 0 Å². The van der Waals surface area contributed by atoms with Gasteiger partial charge >= 0.3 is 6.03 Å². The number of rotatable bonds is 5. The number of nitrogens with zero attached hydrogens (tertiary/aromatic N) is 4. The van der Waals surface area contributed by atoms with Gasteiger partial charge in [-0.3, -0.25) is 0 Å². The van der Waals surface area contributed by atoms with Crippen molar-refractivity contribution in [1.82, 2.24) is 30.3 Å². The highest BCUT2D eigenvalue weighted by molar-refractivity contribution is 5.74. The Morgan fingerprint density at radius 3 is 2.64 bits per heavy atom. The molecule has 2 amide bonds. The average molecular weight is 308 g/mol. The molecule has 1 fully saturated rings. The Kier molecular flexibility index (Phi) is 5.39. The van der Waals surface area contributed by atoms with Crippen molar-refractivity contribution in [3.63, 3.8) is 0 Å². The topological polar surface area (TPSA) is 75.1 Å². The predicted octanol–water partition coefficient (Wildman–Crippen LogP) is 1.44. The number of likely N-dealkylation sites (N-methyl/N-ethyl adjacent to an activating group) is 1. The van der Waals surface area contributed by atoms with Crippen molar-refractivity contribution in [3.05, 3.63) is 12.2 Å². The van der Waals surface area contributed by atoms with Crippen LogP contribution in [0.1, 0.15) is 50.9 Å². The van der Waals surface area contributed by atoms with Crippen molar-refractivity contribution in [2.75, 3.05) is 20.6 Å². The summed E-state index contributed by atoms with van der Waals surface area (Å²) in [4.78, 5) is 14.4. The number of carbonyl (C=O) groups is 1. The number of amides is 2. The Bertz CT molecular complexity index is 492. The molecule has 0 bridgehead atoms. The second kappa shape index (κ2) is 7.09. The fourth-order valence-electron chi connectivity index (χ4n) is 3.23. The standard InChI is InChI=1S/C15H28N6O/c1-12(13-19-17-11-21(13)4)18-14(22)16-10-15(20(2)3)8-6-5-7-9-15/h11-12H,5-10H2,1-4H3,(H2,16,18,22)/t12-/m1/s1. The zero-order valence-electron chi connectivity index (χ0n) is 14.1. The van der Waals surface area contributed by atoms with Crippen LogP contribution in [0.3, 0.4) is 0 Å². The number of nitrogens with one attached hydrogen (secondary N) is 2. The summed E-state index contributed by atoms with van der Waals surface area (Å²) in [5.74, 6) is 0.745. The van der Waals surface area contributed by atoms with Crippen LogP contribution in [0.15, 0.2) is 6.33 Å². The zero-order valence-corrected chi connectivity index (χ0v) is 14.1. The molecular formula is C15H28N6O. The number of hydrogen-bond acceptors (Lipinski definition) is 4. The van der Waals surface area contributed by atoms with Crippen molar-refractivity contribution in [1.29, 1.82) is 0 Å². The second-order valence-electron chi connectivity index (χ2n) is 6.53. The lowest BCUT2D eigenvalue weighted by Gasteiger charge is -2.43. The minimum absolute atomic E-state index is 0.0869. The van der Waals surface area contributed by atoms with E-state index in [4.69, 9.17) is 0 Å². The molecule has 0 radical (unpaired) electrons. The van der Waals surface area contributed by atoms with Crippen molar-refractivity contribution in [2.24, 2.45) is 7.05 Å². The maximum atomic E-state index is 12.2. The molecule has 1 heterocycles. The maximum Gasteiger partial charge on any atom is 0.315 e. The molecule has 1 aromatic rings. The Balaban J connectivity index is 1.87. The Morgan fingerprint density at radius 1 is 1.41 bits per heavy atom. The largest absolute Gasteiger partial charge is 0.336 e. The van der Waals surface area contributed by atoms with Crippen LogP contribution in [0.5, 0.6) is 0 Å². The first-order chi connectivity index (χ1) is 10.4. The fraction of sp³-hybridized carbons (Fsp3) is 0.800. The van der Waals surface area contributed by atoms with Crippen LogP contribution in [0.2, 0.25) is 0 Å². The molecule has 1 saturated carbocycles. The zero-order chi connectivity index (χ0) is 16.2. The highest BCUT2D eigenvalue weighted by Gasteiger charge is 2.34. The third kappa shape index (κ3) is 3.76. The molecule has 1 aliphatic carbocycles. The number of carbonyl (C=O) groups excluding carboxylic acids is 1. The van der Waals surface area contributed by atoms with Crippen LogP contribution in [-0.4, -0.2) is 51.9 Å². The molecular weight excluding hydrogens is 280 g/mol. The van der Waals surface area contributed by atoms with Crippen molar-refractivity contribution >= 4 is 6.03 Å². The van der Waals surface area contributed by atoms with Gasteiger partial charge in [-0.1, -0.05) is 19.3 Å². The molecule has 1 aliphatic rings. The summed E-state index contributed by atoms with van der Waals surface area (Å²) < 4.78 is 1.81. The summed E-state index contributed by atoms with van der Waals surface area (Å²) in [6.45, 7) is 2.59. The molecule has 2 N–H and O–H groups in total. The van der Waals surface area contributed by atoms with Gasteiger partial charge in [0.25, 0.3) is 0 Å². The first kappa shape index (κ1) is 16.7. The van der Waals surface area contributed by atoms with E-state index in [9.17, 15) is 4.79 Å². The van der Waals surface area contributed by atoms with Gasteiger partial charge in [-0.15, -0.1) is 10.2 Å². The second-order valence-corrected chi connectivity index (χ2v) is 6.53.